The highest BCUT2D eigenvalue weighted by atomic mass is 19.1. The van der Waals surface area contributed by atoms with E-state index in [1.165, 1.54) is 6.08 Å². The van der Waals surface area contributed by atoms with Gasteiger partial charge in [-0.25, -0.2) is 4.39 Å². The van der Waals surface area contributed by atoms with Gasteiger partial charge in [-0.3, -0.25) is 0 Å². The molecule has 0 aliphatic carbocycles. The largest absolute Gasteiger partial charge is 0.212 e. The zero-order chi connectivity index (χ0) is 7.98. The van der Waals surface area contributed by atoms with Gasteiger partial charge < -0.3 is 0 Å². The normalized spacial score (nSPS) is 13.5. The maximum atomic E-state index is 12.5. The molecule has 0 aliphatic heterocycles. The van der Waals surface area contributed by atoms with Gasteiger partial charge in [0.2, 0.25) is 0 Å². The van der Waals surface area contributed by atoms with Gasteiger partial charge in [-0.2, -0.15) is 0 Å². The van der Waals surface area contributed by atoms with Gasteiger partial charge in [0, 0.05) is 6.42 Å². The van der Waals surface area contributed by atoms with E-state index in [1.54, 1.807) is 13.0 Å². The van der Waals surface area contributed by atoms with Crippen molar-refractivity contribution in [3.05, 3.63) is 36.2 Å². The number of hydrogen-bond acceptors (Lipinski definition) is 0. The highest BCUT2D eigenvalue weighted by Gasteiger charge is 1.92. The zero-order valence-corrected chi connectivity index (χ0v) is 6.52. The molecule has 0 nitrogen and oxygen atoms in total. The molecule has 0 rings (SSSR count). The summed E-state index contributed by atoms with van der Waals surface area (Å²) in [6.45, 7) is 7.09. The average Bonchev–Trinajstić information content (AvgIpc) is 1.88. The highest BCUT2D eigenvalue weighted by molar-refractivity contribution is 5.13. The molecule has 0 bridgehead atoms. The van der Waals surface area contributed by atoms with Crippen LogP contribution in [0.5, 0.6) is 0 Å². The summed E-state index contributed by atoms with van der Waals surface area (Å²) in [5.74, 6) is -0.0874. The Kier molecular flexibility index (Phi) is 4.55. The molecule has 0 aliphatic rings. The summed E-state index contributed by atoms with van der Waals surface area (Å²) in [6.07, 6.45) is 5.35. The molecule has 0 aromatic heterocycles. The Morgan fingerprint density at radius 1 is 1.60 bits per heavy atom. The van der Waals surface area contributed by atoms with E-state index in [0.29, 0.717) is 6.42 Å². The second-order valence-corrected chi connectivity index (χ2v) is 2.16. The van der Waals surface area contributed by atoms with Gasteiger partial charge in [0.05, 0.1) is 5.83 Å². The molecule has 0 atom stereocenters. The van der Waals surface area contributed by atoms with Crippen molar-refractivity contribution in [3.63, 3.8) is 0 Å². The number of allylic oxidation sites excluding steroid dienone is 5. The minimum Gasteiger partial charge on any atom is -0.212 e. The molecule has 0 heterocycles. The predicted molar refractivity (Wildman–Crippen MR) is 43.4 cm³/mol. The second-order valence-electron chi connectivity index (χ2n) is 2.16. The summed E-state index contributed by atoms with van der Waals surface area (Å²) < 4.78 is 12.5. The Hall–Kier alpha value is -0.850. The van der Waals surface area contributed by atoms with E-state index in [0.717, 1.165) is 5.57 Å². The van der Waals surface area contributed by atoms with Crippen molar-refractivity contribution in [2.45, 2.75) is 20.3 Å². The van der Waals surface area contributed by atoms with Gasteiger partial charge in [-0.15, -0.1) is 0 Å². The summed E-state index contributed by atoms with van der Waals surface area (Å²) in [6, 6.07) is 0. The van der Waals surface area contributed by atoms with Gasteiger partial charge in [-0.1, -0.05) is 30.4 Å². The molecule has 0 unspecified atom stereocenters. The minimum absolute atomic E-state index is 0.0874. The standard InChI is InChI=1S/C9H13F/c1-4-6-8(3)7-9(10)5-2/h4-6H,1,7H2,2-3H3/b8-6-,9-5+. The van der Waals surface area contributed by atoms with E-state index in [-0.39, 0.29) is 5.83 Å². The van der Waals surface area contributed by atoms with Crippen LogP contribution in [-0.4, -0.2) is 0 Å². The van der Waals surface area contributed by atoms with Crippen LogP contribution in [-0.2, 0) is 0 Å². The van der Waals surface area contributed by atoms with Crippen LogP contribution in [0.4, 0.5) is 4.39 Å². The minimum atomic E-state index is -0.0874. The molecule has 10 heavy (non-hydrogen) atoms. The Morgan fingerprint density at radius 3 is 2.60 bits per heavy atom. The van der Waals surface area contributed by atoms with E-state index in [2.05, 4.69) is 6.58 Å². The third kappa shape index (κ3) is 4.07. The molecular formula is C9H13F. The Bertz CT molecular complexity index is 164. The molecule has 1 heteroatoms. The molecule has 0 N–H and O–H groups in total. The first-order valence-corrected chi connectivity index (χ1v) is 3.29. The van der Waals surface area contributed by atoms with Crippen molar-refractivity contribution in [1.82, 2.24) is 0 Å². The molecule has 0 amide bonds. The number of rotatable bonds is 3. The lowest BCUT2D eigenvalue weighted by Gasteiger charge is -1.94. The van der Waals surface area contributed by atoms with Crippen LogP contribution in [0.25, 0.3) is 0 Å². The first kappa shape index (κ1) is 9.15. The fourth-order valence-electron chi connectivity index (χ4n) is 0.629. The second kappa shape index (κ2) is 4.98. The van der Waals surface area contributed by atoms with Gasteiger partial charge in [0.25, 0.3) is 0 Å². The van der Waals surface area contributed by atoms with Crippen LogP contribution in [0.15, 0.2) is 36.2 Å². The predicted octanol–water partition coefficient (Wildman–Crippen LogP) is 3.38. The van der Waals surface area contributed by atoms with Crippen molar-refractivity contribution in [1.29, 1.82) is 0 Å². The fourth-order valence-corrected chi connectivity index (χ4v) is 0.629. The average molecular weight is 140 g/mol. The van der Waals surface area contributed by atoms with Crippen molar-refractivity contribution in [2.75, 3.05) is 0 Å². The third-order valence-corrected chi connectivity index (χ3v) is 1.16. The summed E-state index contributed by atoms with van der Waals surface area (Å²) in [5.41, 5.74) is 0.991. The summed E-state index contributed by atoms with van der Waals surface area (Å²) in [4.78, 5) is 0. The molecule has 0 fully saturated rings. The molecule has 0 radical (unpaired) electrons. The van der Waals surface area contributed by atoms with Gasteiger partial charge in [0.1, 0.15) is 0 Å². The fraction of sp³-hybridized carbons (Fsp3) is 0.333. The molecule has 0 aromatic rings. The van der Waals surface area contributed by atoms with Crippen molar-refractivity contribution < 1.29 is 4.39 Å². The summed E-state index contributed by atoms with van der Waals surface area (Å²) in [5, 5.41) is 0. The van der Waals surface area contributed by atoms with Crippen molar-refractivity contribution in [3.8, 4) is 0 Å². The van der Waals surface area contributed by atoms with Crippen LogP contribution in [0.2, 0.25) is 0 Å². The topological polar surface area (TPSA) is 0 Å². The third-order valence-electron chi connectivity index (χ3n) is 1.16. The zero-order valence-electron chi connectivity index (χ0n) is 6.52. The van der Waals surface area contributed by atoms with Gasteiger partial charge >= 0.3 is 0 Å². The number of hydrogen-bond donors (Lipinski definition) is 0. The summed E-state index contributed by atoms with van der Waals surface area (Å²) in [7, 11) is 0. The van der Waals surface area contributed by atoms with Crippen LogP contribution < -0.4 is 0 Å². The molecule has 0 saturated heterocycles. The maximum Gasteiger partial charge on any atom is 0.0997 e. The van der Waals surface area contributed by atoms with E-state index in [4.69, 9.17) is 0 Å². The number of halogens is 1. The Morgan fingerprint density at radius 2 is 2.20 bits per heavy atom. The van der Waals surface area contributed by atoms with E-state index < -0.39 is 0 Å². The summed E-state index contributed by atoms with van der Waals surface area (Å²) >= 11 is 0. The quantitative estimate of drug-likeness (QED) is 0.527. The van der Waals surface area contributed by atoms with Crippen LogP contribution >= 0.6 is 0 Å². The molecule has 56 valence electrons. The smallest absolute Gasteiger partial charge is 0.0997 e. The van der Waals surface area contributed by atoms with Gasteiger partial charge in [0.15, 0.2) is 0 Å². The molecule has 0 saturated carbocycles. The van der Waals surface area contributed by atoms with Crippen LogP contribution in [0.3, 0.4) is 0 Å². The first-order chi connectivity index (χ1) is 4.70. The van der Waals surface area contributed by atoms with E-state index in [9.17, 15) is 4.39 Å². The SMILES string of the molecule is C=C/C=C(/C)C/C(F)=C\C. The lowest BCUT2D eigenvalue weighted by atomic mass is 10.2. The lowest BCUT2D eigenvalue weighted by molar-refractivity contribution is 0.608. The Labute approximate surface area is 61.8 Å². The van der Waals surface area contributed by atoms with Crippen LogP contribution in [0, 0.1) is 0 Å². The lowest BCUT2D eigenvalue weighted by Crippen LogP contribution is -1.76. The first-order valence-electron chi connectivity index (χ1n) is 3.29. The van der Waals surface area contributed by atoms with E-state index >= 15 is 0 Å². The maximum absolute atomic E-state index is 12.5. The molecule has 0 aromatic carbocycles. The van der Waals surface area contributed by atoms with Gasteiger partial charge in [-0.05, 0) is 13.8 Å². The van der Waals surface area contributed by atoms with E-state index in [1.807, 2.05) is 13.0 Å². The highest BCUT2D eigenvalue weighted by Crippen LogP contribution is 2.10. The van der Waals surface area contributed by atoms with Crippen molar-refractivity contribution in [2.24, 2.45) is 0 Å². The van der Waals surface area contributed by atoms with Crippen LogP contribution in [0.1, 0.15) is 20.3 Å². The monoisotopic (exact) mass is 140 g/mol. The molecular weight excluding hydrogens is 127 g/mol. The van der Waals surface area contributed by atoms with Crippen molar-refractivity contribution >= 4 is 0 Å². The molecule has 0 spiro atoms. The Balaban J connectivity index is 3.90.